The van der Waals surface area contributed by atoms with Crippen molar-refractivity contribution in [1.82, 2.24) is 4.90 Å². The molecular weight excluding hydrogens is 217 g/mol. The van der Waals surface area contributed by atoms with E-state index in [9.17, 15) is 5.11 Å². The van der Waals surface area contributed by atoms with E-state index >= 15 is 0 Å². The monoisotopic (exact) mass is 235 g/mol. The van der Waals surface area contributed by atoms with Crippen molar-refractivity contribution in [3.63, 3.8) is 0 Å². The molecule has 0 atom stereocenters. The molecule has 0 rings (SSSR count). The fourth-order valence-corrected chi connectivity index (χ4v) is 0.994. The van der Waals surface area contributed by atoms with Gasteiger partial charge in [-0.25, -0.2) is 0 Å². The van der Waals surface area contributed by atoms with Crippen LogP contribution in [0.15, 0.2) is 0 Å². The fraction of sp³-hybridized carbons (Fsp3) is 1.00. The second-order valence-electron chi connectivity index (χ2n) is 3.27. The third kappa shape index (κ3) is 8.71. The Kier molecular flexibility index (Phi) is 8.25. The summed E-state index contributed by atoms with van der Waals surface area (Å²) in [5.41, 5.74) is -0.550. The van der Waals surface area contributed by atoms with Crippen LogP contribution in [0.4, 0.5) is 0 Å². The van der Waals surface area contributed by atoms with Gasteiger partial charge in [-0.2, -0.15) is 0 Å². The summed E-state index contributed by atoms with van der Waals surface area (Å²) in [6.45, 7) is 10.7. The van der Waals surface area contributed by atoms with Crippen LogP contribution < -0.4 is 0 Å². The van der Waals surface area contributed by atoms with Crippen molar-refractivity contribution >= 4 is 0 Å². The summed E-state index contributed by atoms with van der Waals surface area (Å²) in [5.74, 6) is 0. The third-order valence-corrected chi connectivity index (χ3v) is 1.50. The molecule has 0 heterocycles. The van der Waals surface area contributed by atoms with Crippen molar-refractivity contribution in [2.24, 2.45) is 0 Å². The molecule has 0 spiro atoms. The molecule has 66 valence electrons. The molecule has 11 heavy (non-hydrogen) atoms. The molecule has 0 aliphatic carbocycles. The summed E-state index contributed by atoms with van der Waals surface area (Å²) in [5, 5.41) is 9.41. The van der Waals surface area contributed by atoms with Crippen molar-refractivity contribution in [1.29, 1.82) is 0 Å². The predicted molar refractivity (Wildman–Crippen MR) is 44.1 cm³/mol. The van der Waals surface area contributed by atoms with Gasteiger partial charge in [0.25, 0.3) is 0 Å². The second-order valence-corrected chi connectivity index (χ2v) is 3.27. The van der Waals surface area contributed by atoms with Crippen LogP contribution >= 0.6 is 0 Å². The molecule has 0 radical (unpaired) electrons. The molecule has 2 nitrogen and oxygen atoms in total. The van der Waals surface area contributed by atoms with Gasteiger partial charge in [-0.3, -0.25) is 0 Å². The zero-order valence-electron chi connectivity index (χ0n) is 8.02. The van der Waals surface area contributed by atoms with Gasteiger partial charge in [0.2, 0.25) is 0 Å². The van der Waals surface area contributed by atoms with E-state index in [-0.39, 0.29) is 26.2 Å². The van der Waals surface area contributed by atoms with E-state index in [1.807, 2.05) is 13.8 Å². The second kappa shape index (κ2) is 6.33. The molecule has 0 saturated carbocycles. The van der Waals surface area contributed by atoms with Crippen molar-refractivity contribution in [3.05, 3.63) is 0 Å². The molecule has 0 amide bonds. The topological polar surface area (TPSA) is 23.5 Å². The summed E-state index contributed by atoms with van der Waals surface area (Å²) >= 11 is 0. The molecule has 0 bridgehead atoms. The SMILES string of the molecule is CCN(CC)CC(C)(C)O.[Zr]. The maximum atomic E-state index is 9.41. The van der Waals surface area contributed by atoms with Gasteiger partial charge in [0.15, 0.2) is 0 Å². The standard InChI is InChI=1S/C8H19NO.Zr/c1-5-9(6-2)7-8(3,4)10;/h10H,5-7H2,1-4H3;. The Hall–Kier alpha value is 0.803. The number of nitrogens with zero attached hydrogens (tertiary/aromatic N) is 1. The van der Waals surface area contributed by atoms with E-state index in [0.717, 1.165) is 19.6 Å². The normalized spacial score (nSPS) is 11.5. The first-order valence-electron chi connectivity index (χ1n) is 3.94. The van der Waals surface area contributed by atoms with Crippen molar-refractivity contribution in [2.75, 3.05) is 19.6 Å². The minimum absolute atomic E-state index is 0. The Balaban J connectivity index is 0. The van der Waals surface area contributed by atoms with Crippen LogP contribution in [0.3, 0.4) is 0 Å². The van der Waals surface area contributed by atoms with E-state index < -0.39 is 5.60 Å². The van der Waals surface area contributed by atoms with Crippen LogP contribution in [0, 0.1) is 0 Å². The smallest absolute Gasteiger partial charge is 0.0718 e. The average Bonchev–Trinajstić information content (AvgIpc) is 1.81. The van der Waals surface area contributed by atoms with E-state index in [1.165, 1.54) is 0 Å². The van der Waals surface area contributed by atoms with E-state index in [4.69, 9.17) is 0 Å². The van der Waals surface area contributed by atoms with E-state index in [1.54, 1.807) is 0 Å². The number of hydrogen-bond acceptors (Lipinski definition) is 2. The van der Waals surface area contributed by atoms with Gasteiger partial charge < -0.3 is 10.0 Å². The molecule has 1 N–H and O–H groups in total. The molecule has 0 aromatic heterocycles. The Morgan fingerprint density at radius 1 is 1.18 bits per heavy atom. The van der Waals surface area contributed by atoms with Crippen LogP contribution in [-0.2, 0) is 26.2 Å². The summed E-state index contributed by atoms with van der Waals surface area (Å²) in [4.78, 5) is 2.21. The minimum Gasteiger partial charge on any atom is -0.389 e. The van der Waals surface area contributed by atoms with Crippen molar-refractivity contribution in [2.45, 2.75) is 33.3 Å². The van der Waals surface area contributed by atoms with Gasteiger partial charge in [-0.15, -0.1) is 0 Å². The molecule has 0 unspecified atom stereocenters. The zero-order chi connectivity index (χ0) is 8.20. The summed E-state index contributed by atoms with van der Waals surface area (Å²) in [6, 6.07) is 0. The minimum atomic E-state index is -0.550. The van der Waals surface area contributed by atoms with Crippen LogP contribution in [0.25, 0.3) is 0 Å². The summed E-state index contributed by atoms with van der Waals surface area (Å²) in [7, 11) is 0. The van der Waals surface area contributed by atoms with Gasteiger partial charge in [-0.1, -0.05) is 13.8 Å². The van der Waals surface area contributed by atoms with Gasteiger partial charge in [0.1, 0.15) is 0 Å². The molecule has 0 aromatic carbocycles. The molecule has 0 aliphatic heterocycles. The van der Waals surface area contributed by atoms with Crippen LogP contribution in [0.5, 0.6) is 0 Å². The molecule has 0 aliphatic rings. The molecule has 0 saturated heterocycles. The zero-order valence-corrected chi connectivity index (χ0v) is 10.5. The van der Waals surface area contributed by atoms with Gasteiger partial charge in [-0.05, 0) is 26.9 Å². The Labute approximate surface area is 89.1 Å². The number of aliphatic hydroxyl groups is 1. The Bertz CT molecular complexity index is 86.6. The first-order chi connectivity index (χ1) is 4.49. The van der Waals surface area contributed by atoms with E-state index in [2.05, 4.69) is 18.7 Å². The third-order valence-electron chi connectivity index (χ3n) is 1.50. The Morgan fingerprint density at radius 2 is 1.55 bits per heavy atom. The van der Waals surface area contributed by atoms with E-state index in [0.29, 0.717) is 0 Å². The largest absolute Gasteiger partial charge is 0.389 e. The Morgan fingerprint density at radius 3 is 1.64 bits per heavy atom. The molecular formula is C8H19NOZr. The van der Waals surface area contributed by atoms with Gasteiger partial charge in [0.05, 0.1) is 5.60 Å². The van der Waals surface area contributed by atoms with Crippen LogP contribution in [0.1, 0.15) is 27.7 Å². The summed E-state index contributed by atoms with van der Waals surface area (Å²) in [6.07, 6.45) is 0. The first kappa shape index (κ1) is 14.3. The molecule has 0 fully saturated rings. The first-order valence-corrected chi connectivity index (χ1v) is 3.94. The maximum absolute atomic E-state index is 9.41. The average molecular weight is 236 g/mol. The fourth-order valence-electron chi connectivity index (χ4n) is 0.994. The predicted octanol–water partition coefficient (Wildman–Crippen LogP) is 1.10. The van der Waals surface area contributed by atoms with Gasteiger partial charge in [0, 0.05) is 32.7 Å². The quantitative estimate of drug-likeness (QED) is 0.790. The van der Waals surface area contributed by atoms with Crippen LogP contribution in [-0.4, -0.2) is 35.2 Å². The maximum Gasteiger partial charge on any atom is 0.0718 e. The molecule has 0 aromatic rings. The summed E-state index contributed by atoms with van der Waals surface area (Å²) < 4.78 is 0. The van der Waals surface area contributed by atoms with Crippen molar-refractivity contribution < 1.29 is 31.3 Å². The van der Waals surface area contributed by atoms with Crippen molar-refractivity contribution in [3.8, 4) is 0 Å². The number of likely N-dealkylation sites (N-methyl/N-ethyl adjacent to an activating group) is 1. The number of hydrogen-bond donors (Lipinski definition) is 1. The molecule has 3 heteroatoms. The number of rotatable bonds is 4. The van der Waals surface area contributed by atoms with Gasteiger partial charge >= 0.3 is 0 Å². The van der Waals surface area contributed by atoms with Crippen LogP contribution in [0.2, 0.25) is 0 Å².